The molecule has 3 heteroatoms. The van der Waals surface area contributed by atoms with Crippen molar-refractivity contribution in [2.75, 3.05) is 6.54 Å². The Balaban J connectivity index is 2.11. The molecule has 1 atom stereocenters. The second-order valence-electron chi connectivity index (χ2n) is 5.12. The highest BCUT2D eigenvalue weighted by atomic mass is 19.1. The van der Waals surface area contributed by atoms with Crippen LogP contribution in [0.5, 0.6) is 0 Å². The van der Waals surface area contributed by atoms with Crippen molar-refractivity contribution in [2.45, 2.75) is 19.4 Å². The first-order valence-corrected chi connectivity index (χ1v) is 6.77. The van der Waals surface area contributed by atoms with E-state index >= 15 is 0 Å². The van der Waals surface area contributed by atoms with Crippen LogP contribution in [0.4, 0.5) is 4.39 Å². The molecule has 1 amide bonds. The first-order chi connectivity index (χ1) is 9.66. The van der Waals surface area contributed by atoms with E-state index in [0.29, 0.717) is 6.54 Å². The molecule has 0 radical (unpaired) electrons. The van der Waals surface area contributed by atoms with E-state index in [2.05, 4.69) is 12.1 Å². The van der Waals surface area contributed by atoms with E-state index in [1.165, 1.54) is 17.7 Å². The fourth-order valence-electron chi connectivity index (χ4n) is 2.91. The van der Waals surface area contributed by atoms with E-state index in [9.17, 15) is 9.18 Å². The van der Waals surface area contributed by atoms with Crippen molar-refractivity contribution in [2.24, 2.45) is 0 Å². The molecule has 0 saturated carbocycles. The fourth-order valence-corrected chi connectivity index (χ4v) is 2.91. The quantitative estimate of drug-likeness (QED) is 0.777. The summed E-state index contributed by atoms with van der Waals surface area (Å²) < 4.78 is 13.1. The lowest BCUT2D eigenvalue weighted by molar-refractivity contribution is -0.130. The molecule has 0 aliphatic carbocycles. The van der Waals surface area contributed by atoms with Gasteiger partial charge in [0.2, 0.25) is 5.91 Å². The minimum absolute atomic E-state index is 0.0498. The largest absolute Gasteiger partial charge is 0.331 e. The monoisotopic (exact) mass is 269 g/mol. The first-order valence-electron chi connectivity index (χ1n) is 6.77. The van der Waals surface area contributed by atoms with Gasteiger partial charge in [-0.2, -0.15) is 0 Å². The molecule has 2 aromatic rings. The Labute approximate surface area is 117 Å². The Hall–Kier alpha value is -2.16. The van der Waals surface area contributed by atoms with E-state index in [1.54, 1.807) is 19.1 Å². The van der Waals surface area contributed by atoms with Crippen LogP contribution in [0.1, 0.15) is 29.7 Å². The van der Waals surface area contributed by atoms with E-state index in [0.717, 1.165) is 17.5 Å². The summed E-state index contributed by atoms with van der Waals surface area (Å²) in [5, 5.41) is 0. The fraction of sp³-hybridized carbons (Fsp3) is 0.235. The number of carbonyl (C=O) groups excluding carboxylic acids is 1. The predicted octanol–water partition coefficient (Wildman–Crippen LogP) is 3.32. The van der Waals surface area contributed by atoms with Gasteiger partial charge >= 0.3 is 0 Å². The zero-order chi connectivity index (χ0) is 14.1. The zero-order valence-corrected chi connectivity index (χ0v) is 11.3. The van der Waals surface area contributed by atoms with Crippen LogP contribution >= 0.6 is 0 Å². The molecule has 1 heterocycles. The Kier molecular flexibility index (Phi) is 3.26. The van der Waals surface area contributed by atoms with E-state index in [1.807, 2.05) is 17.0 Å². The lowest BCUT2D eigenvalue weighted by Crippen LogP contribution is -2.39. The number of rotatable bonds is 1. The van der Waals surface area contributed by atoms with E-state index in [4.69, 9.17) is 0 Å². The summed E-state index contributed by atoms with van der Waals surface area (Å²) in [4.78, 5) is 13.8. The van der Waals surface area contributed by atoms with Crippen molar-refractivity contribution in [3.05, 3.63) is 71.0 Å². The zero-order valence-electron chi connectivity index (χ0n) is 11.3. The minimum atomic E-state index is -0.257. The number of hydrogen-bond donors (Lipinski definition) is 0. The predicted molar refractivity (Wildman–Crippen MR) is 75.8 cm³/mol. The third kappa shape index (κ3) is 2.20. The first kappa shape index (κ1) is 12.9. The van der Waals surface area contributed by atoms with Crippen LogP contribution in [0.2, 0.25) is 0 Å². The van der Waals surface area contributed by atoms with Gasteiger partial charge in [-0.05, 0) is 35.2 Å². The molecule has 0 fully saturated rings. The molecule has 0 N–H and O–H groups in total. The lowest BCUT2D eigenvalue weighted by atomic mass is 9.88. The summed E-state index contributed by atoms with van der Waals surface area (Å²) in [6.07, 6.45) is 0.869. The van der Waals surface area contributed by atoms with Gasteiger partial charge in [0.05, 0.1) is 6.04 Å². The van der Waals surface area contributed by atoms with Gasteiger partial charge in [-0.3, -0.25) is 4.79 Å². The molecule has 20 heavy (non-hydrogen) atoms. The normalized spacial score (nSPS) is 17.7. The highest BCUT2D eigenvalue weighted by molar-refractivity contribution is 5.75. The molecule has 1 aliphatic heterocycles. The van der Waals surface area contributed by atoms with Crippen molar-refractivity contribution >= 4 is 5.91 Å². The molecule has 3 rings (SSSR count). The smallest absolute Gasteiger partial charge is 0.220 e. The summed E-state index contributed by atoms with van der Waals surface area (Å²) in [6.45, 7) is 2.29. The second-order valence-corrected chi connectivity index (χ2v) is 5.12. The van der Waals surface area contributed by atoms with Gasteiger partial charge in [0.25, 0.3) is 0 Å². The third-order valence-electron chi connectivity index (χ3n) is 3.87. The van der Waals surface area contributed by atoms with Gasteiger partial charge in [-0.25, -0.2) is 4.39 Å². The maximum Gasteiger partial charge on any atom is 0.220 e. The number of hydrogen-bond acceptors (Lipinski definition) is 1. The SMILES string of the molecule is CC(=O)N1CCc2ccccc2C1c1ccc(F)cc1. The van der Waals surface area contributed by atoms with Crippen molar-refractivity contribution < 1.29 is 9.18 Å². The summed E-state index contributed by atoms with van der Waals surface area (Å²) in [7, 11) is 0. The molecule has 2 aromatic carbocycles. The molecule has 102 valence electrons. The number of benzene rings is 2. The topological polar surface area (TPSA) is 20.3 Å². The maximum atomic E-state index is 13.1. The van der Waals surface area contributed by atoms with Crippen LogP contribution in [0.3, 0.4) is 0 Å². The number of nitrogens with zero attached hydrogens (tertiary/aromatic N) is 1. The molecule has 1 aliphatic rings. The van der Waals surface area contributed by atoms with Crippen LogP contribution in [-0.2, 0) is 11.2 Å². The average Bonchev–Trinajstić information content (AvgIpc) is 2.47. The van der Waals surface area contributed by atoms with Gasteiger partial charge in [-0.1, -0.05) is 36.4 Å². The number of halogens is 1. The van der Waals surface area contributed by atoms with Gasteiger partial charge in [-0.15, -0.1) is 0 Å². The molecule has 1 unspecified atom stereocenters. The van der Waals surface area contributed by atoms with Gasteiger partial charge in [0.1, 0.15) is 5.82 Å². The van der Waals surface area contributed by atoms with Crippen LogP contribution in [-0.4, -0.2) is 17.4 Å². The average molecular weight is 269 g/mol. The Morgan fingerprint density at radius 1 is 1.15 bits per heavy atom. The molecular weight excluding hydrogens is 253 g/mol. The summed E-state index contributed by atoms with van der Waals surface area (Å²) in [6, 6.07) is 14.5. The number of carbonyl (C=O) groups is 1. The summed E-state index contributed by atoms with van der Waals surface area (Å²) in [5.74, 6) is -0.207. The van der Waals surface area contributed by atoms with Crippen molar-refractivity contribution in [3.8, 4) is 0 Å². The molecule has 0 aromatic heterocycles. The Morgan fingerprint density at radius 2 is 1.85 bits per heavy atom. The molecule has 0 spiro atoms. The molecule has 0 saturated heterocycles. The lowest BCUT2D eigenvalue weighted by Gasteiger charge is -2.37. The van der Waals surface area contributed by atoms with Gasteiger partial charge in [0, 0.05) is 13.5 Å². The maximum absolute atomic E-state index is 13.1. The third-order valence-corrected chi connectivity index (χ3v) is 3.87. The highest BCUT2D eigenvalue weighted by Gasteiger charge is 2.29. The Bertz CT molecular complexity index is 636. The molecule has 0 bridgehead atoms. The van der Waals surface area contributed by atoms with Crippen LogP contribution < -0.4 is 0 Å². The van der Waals surface area contributed by atoms with E-state index < -0.39 is 0 Å². The van der Waals surface area contributed by atoms with Crippen LogP contribution in [0.25, 0.3) is 0 Å². The van der Waals surface area contributed by atoms with Crippen molar-refractivity contribution in [3.63, 3.8) is 0 Å². The number of amides is 1. The minimum Gasteiger partial charge on any atom is -0.331 e. The number of fused-ring (bicyclic) bond motifs is 1. The second kappa shape index (κ2) is 5.08. The summed E-state index contributed by atoms with van der Waals surface area (Å²) >= 11 is 0. The highest BCUT2D eigenvalue weighted by Crippen LogP contribution is 2.35. The van der Waals surface area contributed by atoms with Gasteiger partial charge < -0.3 is 4.90 Å². The van der Waals surface area contributed by atoms with Gasteiger partial charge in [0.15, 0.2) is 0 Å². The summed E-state index contributed by atoms with van der Waals surface area (Å²) in [5.41, 5.74) is 3.36. The molecular formula is C17H16FNO. The van der Waals surface area contributed by atoms with E-state index in [-0.39, 0.29) is 17.8 Å². The van der Waals surface area contributed by atoms with Crippen molar-refractivity contribution in [1.82, 2.24) is 4.90 Å². The van der Waals surface area contributed by atoms with Crippen molar-refractivity contribution in [1.29, 1.82) is 0 Å². The Morgan fingerprint density at radius 3 is 2.55 bits per heavy atom. The van der Waals surface area contributed by atoms with Crippen LogP contribution in [0, 0.1) is 5.82 Å². The standard InChI is InChI=1S/C17H16FNO/c1-12(20)19-11-10-13-4-2-3-5-16(13)17(19)14-6-8-15(18)9-7-14/h2-9,17H,10-11H2,1H3. The molecule has 2 nitrogen and oxygen atoms in total. The van der Waals surface area contributed by atoms with Crippen LogP contribution in [0.15, 0.2) is 48.5 Å².